The molecule has 0 fully saturated rings. The van der Waals surface area contributed by atoms with E-state index >= 15 is 0 Å². The van der Waals surface area contributed by atoms with Gasteiger partial charge in [-0.15, -0.1) is 0 Å². The number of fused-ring (bicyclic) bond motifs is 3. The van der Waals surface area contributed by atoms with Crippen molar-refractivity contribution >= 4 is 17.2 Å². The van der Waals surface area contributed by atoms with Gasteiger partial charge in [0.1, 0.15) is 35.6 Å². The molecule has 0 saturated heterocycles. The number of carbonyl (C=O) groups excluding carboxylic acids is 1. The van der Waals surface area contributed by atoms with E-state index in [2.05, 4.69) is 5.10 Å². The van der Waals surface area contributed by atoms with Gasteiger partial charge in [0, 0.05) is 19.6 Å². The molecule has 6 heteroatoms. The summed E-state index contributed by atoms with van der Waals surface area (Å²) in [5.74, 6) is 0.0274. The van der Waals surface area contributed by atoms with E-state index in [9.17, 15) is 14.3 Å². The van der Waals surface area contributed by atoms with E-state index in [-0.39, 0.29) is 24.2 Å². The Balaban J connectivity index is 1.91. The van der Waals surface area contributed by atoms with Crippen molar-refractivity contribution in [3.05, 3.63) is 59.9 Å². The third-order valence-electron chi connectivity index (χ3n) is 5.41. The first-order chi connectivity index (χ1) is 13.1. The van der Waals surface area contributed by atoms with Crippen LogP contribution in [0.3, 0.4) is 0 Å². The molecule has 0 aliphatic carbocycles. The fourth-order valence-corrected chi connectivity index (χ4v) is 4.26. The number of anilines is 1. The number of benzene rings is 2. The van der Waals surface area contributed by atoms with Crippen molar-refractivity contribution < 1.29 is 19.0 Å². The number of halogens is 1. The number of hydrogen-bond acceptors (Lipinski definition) is 5. The fourth-order valence-electron chi connectivity index (χ4n) is 4.26. The van der Waals surface area contributed by atoms with E-state index in [1.807, 2.05) is 30.3 Å². The summed E-state index contributed by atoms with van der Waals surface area (Å²) in [6.07, 6.45) is 1.06. The van der Waals surface area contributed by atoms with Gasteiger partial charge >= 0.3 is 0 Å². The van der Waals surface area contributed by atoms with Crippen molar-refractivity contribution in [3.8, 4) is 5.75 Å². The number of aliphatic hydroxyl groups excluding tert-OH is 1. The Bertz CT molecular complexity index is 900. The number of hydrazone groups is 1. The van der Waals surface area contributed by atoms with Crippen LogP contribution in [-0.2, 0) is 10.2 Å². The summed E-state index contributed by atoms with van der Waals surface area (Å²) in [7, 11) is 0. The lowest BCUT2D eigenvalue weighted by atomic mass is 9.67. The molecule has 5 nitrogen and oxygen atoms in total. The summed E-state index contributed by atoms with van der Waals surface area (Å²) in [6, 6.07) is 13.7. The summed E-state index contributed by atoms with van der Waals surface area (Å²) in [5, 5.41) is 15.9. The van der Waals surface area contributed by atoms with Crippen LogP contribution in [0.5, 0.6) is 5.75 Å². The third kappa shape index (κ3) is 2.72. The van der Waals surface area contributed by atoms with Crippen molar-refractivity contribution in [2.24, 2.45) is 5.10 Å². The number of ketones is 1. The van der Waals surface area contributed by atoms with Gasteiger partial charge in [0.25, 0.3) is 0 Å². The maximum absolute atomic E-state index is 13.9. The lowest BCUT2D eigenvalue weighted by molar-refractivity contribution is -0.111. The van der Waals surface area contributed by atoms with Crippen LogP contribution in [0.15, 0.2) is 53.6 Å². The van der Waals surface area contributed by atoms with E-state index in [4.69, 9.17) is 4.74 Å². The molecule has 0 aromatic heterocycles. The van der Waals surface area contributed by atoms with Gasteiger partial charge in [0.2, 0.25) is 0 Å². The van der Waals surface area contributed by atoms with Crippen molar-refractivity contribution in [2.75, 3.05) is 18.2 Å². The first kappa shape index (κ1) is 17.7. The standard InChI is InChI=1S/C21H21FN2O3/c1-14(26)20-21(10-5-11-25,15-6-3-2-4-7-15)19-13-27-18-9-8-16(22)12-17(18)24(19)23-20/h2-4,6-9,12,19,25H,5,10-11,13H2,1H3/t19?,21-/m1/s1. The molecule has 2 aliphatic heterocycles. The Kier molecular flexibility index (Phi) is 4.44. The zero-order chi connectivity index (χ0) is 19.0. The molecule has 2 aliphatic rings. The van der Waals surface area contributed by atoms with Crippen molar-refractivity contribution in [1.29, 1.82) is 0 Å². The molecule has 4 rings (SSSR count). The average Bonchev–Trinajstić information content (AvgIpc) is 3.03. The maximum Gasteiger partial charge on any atom is 0.176 e. The quantitative estimate of drug-likeness (QED) is 0.881. The summed E-state index contributed by atoms with van der Waals surface area (Å²) >= 11 is 0. The molecule has 27 heavy (non-hydrogen) atoms. The minimum atomic E-state index is -0.722. The maximum atomic E-state index is 13.9. The number of nitrogens with zero attached hydrogens (tertiary/aromatic N) is 2. The largest absolute Gasteiger partial charge is 0.489 e. The number of rotatable bonds is 5. The van der Waals surface area contributed by atoms with Crippen LogP contribution >= 0.6 is 0 Å². The number of carbonyl (C=O) groups is 1. The Morgan fingerprint density at radius 3 is 2.81 bits per heavy atom. The molecule has 0 amide bonds. The zero-order valence-corrected chi connectivity index (χ0v) is 15.1. The van der Waals surface area contributed by atoms with Crippen LogP contribution in [0, 0.1) is 5.82 Å². The van der Waals surface area contributed by atoms with Gasteiger partial charge in [-0.2, -0.15) is 5.10 Å². The van der Waals surface area contributed by atoms with E-state index in [0.29, 0.717) is 36.6 Å². The van der Waals surface area contributed by atoms with E-state index in [0.717, 1.165) is 5.56 Å². The number of aliphatic hydroxyl groups is 1. The van der Waals surface area contributed by atoms with E-state index < -0.39 is 5.41 Å². The Labute approximate surface area is 157 Å². The number of ether oxygens (including phenoxy) is 1. The molecule has 0 bridgehead atoms. The van der Waals surface area contributed by atoms with Gasteiger partial charge in [-0.05, 0) is 30.5 Å². The number of hydrogen-bond donors (Lipinski definition) is 1. The lowest BCUT2D eigenvalue weighted by Crippen LogP contribution is -2.53. The lowest BCUT2D eigenvalue weighted by Gasteiger charge is -2.41. The predicted molar refractivity (Wildman–Crippen MR) is 101 cm³/mol. The highest BCUT2D eigenvalue weighted by atomic mass is 19.1. The normalized spacial score (nSPS) is 23.3. The van der Waals surface area contributed by atoms with Crippen molar-refractivity contribution in [2.45, 2.75) is 31.2 Å². The first-order valence-corrected chi connectivity index (χ1v) is 9.06. The molecule has 0 radical (unpaired) electrons. The smallest absolute Gasteiger partial charge is 0.176 e. The second-order valence-corrected chi connectivity index (χ2v) is 6.95. The summed E-state index contributed by atoms with van der Waals surface area (Å²) in [5.41, 5.74) is 1.17. The molecule has 2 atom stereocenters. The van der Waals surface area contributed by atoms with Crippen LogP contribution in [0.25, 0.3) is 0 Å². The van der Waals surface area contributed by atoms with Gasteiger partial charge in [0.15, 0.2) is 5.78 Å². The Hall–Kier alpha value is -2.73. The predicted octanol–water partition coefficient (Wildman–Crippen LogP) is 3.06. The van der Waals surface area contributed by atoms with Crippen molar-refractivity contribution in [1.82, 2.24) is 0 Å². The van der Waals surface area contributed by atoms with Crippen LogP contribution < -0.4 is 9.75 Å². The zero-order valence-electron chi connectivity index (χ0n) is 15.1. The van der Waals surface area contributed by atoms with Gasteiger partial charge in [-0.3, -0.25) is 9.80 Å². The van der Waals surface area contributed by atoms with E-state index in [1.165, 1.54) is 19.1 Å². The van der Waals surface area contributed by atoms with E-state index in [1.54, 1.807) is 11.1 Å². The van der Waals surface area contributed by atoms with Crippen LogP contribution in [0.1, 0.15) is 25.3 Å². The second-order valence-electron chi connectivity index (χ2n) is 6.95. The second kappa shape index (κ2) is 6.78. The molecule has 2 aromatic rings. The van der Waals surface area contributed by atoms with Gasteiger partial charge in [0.05, 0.1) is 5.41 Å². The molecule has 1 unspecified atom stereocenters. The molecular weight excluding hydrogens is 347 g/mol. The monoisotopic (exact) mass is 368 g/mol. The molecule has 2 aromatic carbocycles. The highest BCUT2D eigenvalue weighted by Gasteiger charge is 2.55. The molecule has 0 saturated carbocycles. The highest BCUT2D eigenvalue weighted by molar-refractivity contribution is 6.43. The first-order valence-electron chi connectivity index (χ1n) is 9.06. The van der Waals surface area contributed by atoms with Crippen molar-refractivity contribution in [3.63, 3.8) is 0 Å². The molecular formula is C21H21FN2O3. The minimum absolute atomic E-state index is 0.0125. The van der Waals surface area contributed by atoms with Gasteiger partial charge in [-0.1, -0.05) is 30.3 Å². The van der Waals surface area contributed by atoms with Crippen LogP contribution in [0.2, 0.25) is 0 Å². The Morgan fingerprint density at radius 2 is 2.11 bits per heavy atom. The summed E-state index contributed by atoms with van der Waals surface area (Å²) < 4.78 is 19.8. The number of Topliss-reactive ketones (excluding diaryl/α,β-unsaturated/α-hetero) is 1. The molecule has 0 spiro atoms. The summed E-state index contributed by atoms with van der Waals surface area (Å²) in [4.78, 5) is 12.6. The molecule has 2 heterocycles. The van der Waals surface area contributed by atoms with Crippen LogP contribution in [-0.4, -0.2) is 35.9 Å². The SMILES string of the molecule is CC(=O)C1=NN2c3cc(F)ccc3OCC2[C@@]1(CCCO)c1ccccc1. The topological polar surface area (TPSA) is 62.1 Å². The summed E-state index contributed by atoms with van der Waals surface area (Å²) in [6.45, 7) is 1.83. The van der Waals surface area contributed by atoms with Gasteiger partial charge < -0.3 is 9.84 Å². The molecule has 1 N–H and O–H groups in total. The average molecular weight is 368 g/mol. The highest BCUT2D eigenvalue weighted by Crippen LogP contribution is 2.48. The minimum Gasteiger partial charge on any atom is -0.489 e. The third-order valence-corrected chi connectivity index (χ3v) is 5.41. The fraction of sp³-hybridized carbons (Fsp3) is 0.333. The Morgan fingerprint density at radius 1 is 1.33 bits per heavy atom. The van der Waals surface area contributed by atoms with Crippen LogP contribution in [0.4, 0.5) is 10.1 Å². The molecule has 140 valence electrons. The van der Waals surface area contributed by atoms with Gasteiger partial charge in [-0.25, -0.2) is 4.39 Å².